The van der Waals surface area contributed by atoms with Gasteiger partial charge < -0.3 is 19.7 Å². The zero-order valence-corrected chi connectivity index (χ0v) is 19.9. The van der Waals surface area contributed by atoms with Gasteiger partial charge in [-0.05, 0) is 35.4 Å². The summed E-state index contributed by atoms with van der Waals surface area (Å²) in [5.74, 6) is -0.345. The topological polar surface area (TPSA) is 93.1 Å². The molecule has 0 aliphatic heterocycles. The second kappa shape index (κ2) is 8.64. The van der Waals surface area contributed by atoms with Crippen molar-refractivity contribution in [3.63, 3.8) is 0 Å². The van der Waals surface area contributed by atoms with Crippen molar-refractivity contribution >= 4 is 11.6 Å². The molecule has 0 spiro atoms. The molecule has 32 heavy (non-hydrogen) atoms. The SMILES string of the molecule is CCOc1ccc(C(C2=C(O)CC(C)(C)CC2=O)C2=C(O)CC(C)(C)CC2=O)cc1OC. The van der Waals surface area contributed by atoms with Crippen LogP contribution in [0.4, 0.5) is 0 Å². The predicted octanol–water partition coefficient (Wildman–Crippen LogP) is 5.58. The van der Waals surface area contributed by atoms with E-state index in [9.17, 15) is 19.8 Å². The summed E-state index contributed by atoms with van der Waals surface area (Å²) in [6.45, 7) is 10.0. The van der Waals surface area contributed by atoms with E-state index in [1.54, 1.807) is 18.2 Å². The molecule has 0 saturated heterocycles. The number of methoxy groups -OCH3 is 1. The zero-order chi connectivity index (χ0) is 23.8. The number of Topliss-reactive ketones (excluding diaryl/α,β-unsaturated/α-hetero) is 2. The highest BCUT2D eigenvalue weighted by atomic mass is 16.5. The number of hydrogen-bond donors (Lipinski definition) is 2. The van der Waals surface area contributed by atoms with E-state index >= 15 is 0 Å². The molecule has 2 N–H and O–H groups in total. The van der Waals surface area contributed by atoms with Gasteiger partial charge in [0.05, 0.1) is 13.7 Å². The molecule has 0 amide bonds. The third kappa shape index (κ3) is 4.69. The van der Waals surface area contributed by atoms with Gasteiger partial charge in [0.1, 0.15) is 11.5 Å². The Morgan fingerprint density at radius 3 is 1.78 bits per heavy atom. The molecule has 6 heteroatoms. The summed E-state index contributed by atoms with van der Waals surface area (Å²) in [4.78, 5) is 26.5. The minimum Gasteiger partial charge on any atom is -0.512 e. The Bertz CT molecular complexity index is 944. The Hall–Kier alpha value is -2.76. The van der Waals surface area contributed by atoms with Crippen LogP contribution < -0.4 is 9.47 Å². The molecule has 1 aromatic carbocycles. The number of ketones is 2. The summed E-state index contributed by atoms with van der Waals surface area (Å²) in [5.41, 5.74) is 0.214. The first kappa shape index (κ1) is 23.9. The molecule has 0 saturated carbocycles. The quantitative estimate of drug-likeness (QED) is 0.597. The molecule has 0 unspecified atom stereocenters. The van der Waals surface area contributed by atoms with Gasteiger partial charge in [0.2, 0.25) is 0 Å². The number of hydrogen-bond acceptors (Lipinski definition) is 6. The maximum absolute atomic E-state index is 13.3. The second-order valence-electron chi connectivity index (χ2n) is 10.4. The number of carbonyl (C=O) groups is 2. The Kier molecular flexibility index (Phi) is 6.45. The van der Waals surface area contributed by atoms with E-state index in [1.807, 2.05) is 34.6 Å². The number of allylic oxidation sites excluding steroid dienone is 4. The number of aliphatic hydroxyl groups excluding tert-OH is 2. The van der Waals surface area contributed by atoms with Gasteiger partial charge in [-0.15, -0.1) is 0 Å². The molecule has 2 aliphatic rings. The first-order valence-corrected chi connectivity index (χ1v) is 11.1. The Labute approximate surface area is 189 Å². The number of aliphatic hydroxyl groups is 2. The fraction of sp³-hybridized carbons (Fsp3) is 0.538. The third-order valence-electron chi connectivity index (χ3n) is 6.19. The maximum atomic E-state index is 13.3. The Balaban J connectivity index is 2.25. The first-order chi connectivity index (χ1) is 14.9. The van der Waals surface area contributed by atoms with Crippen LogP contribution in [0.15, 0.2) is 40.9 Å². The number of carbonyl (C=O) groups excluding carboxylic acids is 2. The van der Waals surface area contributed by atoms with Crippen molar-refractivity contribution < 1.29 is 29.3 Å². The molecule has 6 nitrogen and oxygen atoms in total. The lowest BCUT2D eigenvalue weighted by Crippen LogP contribution is -2.33. The van der Waals surface area contributed by atoms with E-state index in [0.29, 0.717) is 36.5 Å². The minimum absolute atomic E-state index is 0.0259. The van der Waals surface area contributed by atoms with Crippen LogP contribution >= 0.6 is 0 Å². The Morgan fingerprint density at radius 2 is 1.38 bits per heavy atom. The van der Waals surface area contributed by atoms with Crippen LogP contribution in [0.25, 0.3) is 0 Å². The van der Waals surface area contributed by atoms with Gasteiger partial charge in [-0.2, -0.15) is 0 Å². The van der Waals surface area contributed by atoms with E-state index in [1.165, 1.54) is 7.11 Å². The van der Waals surface area contributed by atoms with Crippen molar-refractivity contribution in [2.24, 2.45) is 10.8 Å². The van der Waals surface area contributed by atoms with Gasteiger partial charge in [0, 0.05) is 42.7 Å². The lowest BCUT2D eigenvalue weighted by Gasteiger charge is -2.36. The van der Waals surface area contributed by atoms with E-state index in [-0.39, 0.29) is 57.9 Å². The van der Waals surface area contributed by atoms with Crippen molar-refractivity contribution in [2.45, 2.75) is 66.2 Å². The average Bonchev–Trinajstić information content (AvgIpc) is 2.64. The van der Waals surface area contributed by atoms with Gasteiger partial charge in [0.25, 0.3) is 0 Å². The molecule has 0 heterocycles. The van der Waals surface area contributed by atoms with Crippen LogP contribution in [0.5, 0.6) is 11.5 Å². The van der Waals surface area contributed by atoms with E-state index < -0.39 is 5.92 Å². The fourth-order valence-electron chi connectivity index (χ4n) is 4.87. The molecule has 174 valence electrons. The number of benzene rings is 1. The van der Waals surface area contributed by atoms with Gasteiger partial charge in [0.15, 0.2) is 23.1 Å². The summed E-state index contributed by atoms with van der Waals surface area (Å²) < 4.78 is 11.1. The van der Waals surface area contributed by atoms with Crippen LogP contribution in [0, 0.1) is 10.8 Å². The number of rotatable bonds is 6. The van der Waals surface area contributed by atoms with Crippen molar-refractivity contribution in [3.8, 4) is 11.5 Å². The summed E-state index contributed by atoms with van der Waals surface area (Å²) >= 11 is 0. The summed E-state index contributed by atoms with van der Waals surface area (Å²) in [5, 5.41) is 21.9. The van der Waals surface area contributed by atoms with Crippen LogP contribution in [0.2, 0.25) is 0 Å². The minimum atomic E-state index is -0.869. The van der Waals surface area contributed by atoms with E-state index in [2.05, 4.69) is 0 Å². The normalized spacial score (nSPS) is 20.7. The van der Waals surface area contributed by atoms with Crippen molar-refractivity contribution in [1.82, 2.24) is 0 Å². The van der Waals surface area contributed by atoms with Gasteiger partial charge >= 0.3 is 0 Å². The second-order valence-corrected chi connectivity index (χ2v) is 10.4. The molecule has 0 fully saturated rings. The van der Waals surface area contributed by atoms with Gasteiger partial charge in [-0.1, -0.05) is 33.8 Å². The summed E-state index contributed by atoms with van der Waals surface area (Å²) in [6, 6.07) is 5.21. The lowest BCUT2D eigenvalue weighted by atomic mass is 9.67. The van der Waals surface area contributed by atoms with E-state index in [0.717, 1.165) is 0 Å². The lowest BCUT2D eigenvalue weighted by molar-refractivity contribution is -0.119. The van der Waals surface area contributed by atoms with Crippen molar-refractivity contribution in [2.75, 3.05) is 13.7 Å². The van der Waals surface area contributed by atoms with Gasteiger partial charge in [-0.25, -0.2) is 0 Å². The van der Waals surface area contributed by atoms with Crippen molar-refractivity contribution in [3.05, 3.63) is 46.4 Å². The van der Waals surface area contributed by atoms with Gasteiger partial charge in [-0.3, -0.25) is 9.59 Å². The van der Waals surface area contributed by atoms with Crippen LogP contribution in [0.1, 0.15) is 71.8 Å². The molecule has 3 rings (SSSR count). The molecule has 2 aliphatic carbocycles. The molecule has 0 aromatic heterocycles. The average molecular weight is 443 g/mol. The van der Waals surface area contributed by atoms with E-state index in [4.69, 9.17) is 9.47 Å². The van der Waals surface area contributed by atoms with Crippen molar-refractivity contribution in [1.29, 1.82) is 0 Å². The molecular formula is C26H34O6. The summed E-state index contributed by atoms with van der Waals surface area (Å²) in [7, 11) is 1.52. The third-order valence-corrected chi connectivity index (χ3v) is 6.19. The highest BCUT2D eigenvalue weighted by Crippen LogP contribution is 2.48. The largest absolute Gasteiger partial charge is 0.512 e. The molecule has 0 bridgehead atoms. The zero-order valence-electron chi connectivity index (χ0n) is 19.9. The predicted molar refractivity (Wildman–Crippen MR) is 122 cm³/mol. The maximum Gasteiger partial charge on any atom is 0.163 e. The van der Waals surface area contributed by atoms with Crippen LogP contribution in [-0.4, -0.2) is 35.5 Å². The number of ether oxygens (including phenoxy) is 2. The highest BCUT2D eigenvalue weighted by molar-refractivity contribution is 6.05. The first-order valence-electron chi connectivity index (χ1n) is 11.1. The molecular weight excluding hydrogens is 408 g/mol. The summed E-state index contributed by atoms with van der Waals surface area (Å²) in [6.07, 6.45) is 1.16. The smallest absolute Gasteiger partial charge is 0.163 e. The van der Waals surface area contributed by atoms with Crippen LogP contribution in [-0.2, 0) is 9.59 Å². The molecule has 0 atom stereocenters. The fourth-order valence-corrected chi connectivity index (χ4v) is 4.87. The Morgan fingerprint density at radius 1 is 0.875 bits per heavy atom. The standard InChI is InChI=1S/C26H34O6/c1-7-32-20-9-8-15(10-21(20)31-6)22(23-16(27)11-25(2,3)12-17(23)28)24-18(29)13-26(4,5)14-19(24)30/h8-10,22,27,29H,7,11-14H2,1-6H3. The molecule has 1 aromatic rings. The molecule has 0 radical (unpaired) electrons. The highest BCUT2D eigenvalue weighted by Gasteiger charge is 2.43. The monoisotopic (exact) mass is 442 g/mol. The van der Waals surface area contributed by atoms with Crippen LogP contribution in [0.3, 0.4) is 0 Å².